The number of fused-ring (bicyclic) bond motifs is 2. The molecule has 4 aromatic rings. The topological polar surface area (TPSA) is 42.0 Å². The molecule has 0 saturated carbocycles. The van der Waals surface area contributed by atoms with Gasteiger partial charge in [0, 0.05) is 11.8 Å². The van der Waals surface area contributed by atoms with E-state index in [0.29, 0.717) is 5.13 Å². The Kier molecular flexibility index (Phi) is 3.72. The molecule has 30 heavy (non-hydrogen) atoms. The predicted octanol–water partition coefficient (Wildman–Crippen LogP) is 6.23. The van der Waals surface area contributed by atoms with Gasteiger partial charge in [-0.15, -0.1) is 0 Å². The van der Waals surface area contributed by atoms with Gasteiger partial charge in [-0.3, -0.25) is 4.79 Å². The fourth-order valence-electron chi connectivity index (χ4n) is 5.57. The summed E-state index contributed by atoms with van der Waals surface area (Å²) in [7, 11) is 0. The first-order valence-electron chi connectivity index (χ1n) is 10.4. The number of hydrogen-bond donors (Lipinski definition) is 1. The summed E-state index contributed by atoms with van der Waals surface area (Å²) in [6.07, 6.45) is 0.821. The van der Waals surface area contributed by atoms with Crippen molar-refractivity contribution in [1.29, 1.82) is 0 Å². The van der Waals surface area contributed by atoms with Crippen molar-refractivity contribution in [2.24, 2.45) is 5.41 Å². The third kappa shape index (κ3) is 2.37. The van der Waals surface area contributed by atoms with Gasteiger partial charge in [-0.1, -0.05) is 72.0 Å². The van der Waals surface area contributed by atoms with E-state index < -0.39 is 5.41 Å². The minimum Gasteiger partial charge on any atom is -0.301 e. The molecule has 1 amide bonds. The van der Waals surface area contributed by atoms with Crippen LogP contribution in [-0.2, 0) is 4.79 Å². The molecular weight excluding hydrogens is 388 g/mol. The van der Waals surface area contributed by atoms with E-state index >= 15 is 0 Å². The van der Waals surface area contributed by atoms with Gasteiger partial charge in [0.2, 0.25) is 5.91 Å². The number of amides is 1. The molecule has 3 aliphatic rings. The number of benzene rings is 3. The largest absolute Gasteiger partial charge is 0.301 e. The van der Waals surface area contributed by atoms with Crippen molar-refractivity contribution < 1.29 is 4.79 Å². The molecule has 0 fully saturated rings. The van der Waals surface area contributed by atoms with Gasteiger partial charge in [0.05, 0.1) is 15.6 Å². The van der Waals surface area contributed by atoms with Gasteiger partial charge in [0.15, 0.2) is 5.13 Å². The van der Waals surface area contributed by atoms with Crippen molar-refractivity contribution >= 4 is 32.6 Å². The number of nitrogens with zero attached hydrogens (tertiary/aromatic N) is 1. The molecule has 0 spiro atoms. The van der Waals surface area contributed by atoms with E-state index in [1.165, 1.54) is 22.3 Å². The summed E-state index contributed by atoms with van der Waals surface area (Å²) in [6.45, 7) is 4.19. The summed E-state index contributed by atoms with van der Waals surface area (Å²) in [5.41, 5.74) is 6.94. The monoisotopic (exact) mass is 410 g/mol. The highest BCUT2D eigenvalue weighted by Gasteiger charge is 2.53. The minimum atomic E-state index is -0.514. The first-order chi connectivity index (χ1) is 14.6. The second-order valence-corrected chi connectivity index (χ2v) is 9.79. The molecule has 0 unspecified atom stereocenters. The summed E-state index contributed by atoms with van der Waals surface area (Å²) < 4.78 is 1.11. The molecule has 1 atom stereocenters. The molecule has 0 saturated heterocycles. The first-order valence-corrected chi connectivity index (χ1v) is 11.2. The second kappa shape index (κ2) is 6.26. The van der Waals surface area contributed by atoms with Crippen LogP contribution in [0.5, 0.6) is 0 Å². The van der Waals surface area contributed by atoms with Gasteiger partial charge in [-0.25, -0.2) is 4.98 Å². The highest BCUT2D eigenvalue weighted by molar-refractivity contribution is 7.22. The number of carbonyl (C=O) groups excluding carboxylic acids is 1. The third-order valence-corrected chi connectivity index (χ3v) is 7.93. The van der Waals surface area contributed by atoms with Crippen LogP contribution < -0.4 is 5.32 Å². The SMILES string of the molecule is Cc1cccc2sc(NC(=O)[C@@]3(C)CC4c5ccccc5C3c3ccccc34)nc12. The van der Waals surface area contributed by atoms with Crippen LogP contribution >= 0.6 is 11.3 Å². The fraction of sp³-hybridized carbons (Fsp3) is 0.231. The highest BCUT2D eigenvalue weighted by Crippen LogP contribution is 2.61. The van der Waals surface area contributed by atoms with Crippen LogP contribution in [0.3, 0.4) is 0 Å². The summed E-state index contributed by atoms with van der Waals surface area (Å²) in [5, 5.41) is 3.87. The predicted molar refractivity (Wildman–Crippen MR) is 122 cm³/mol. The molecule has 3 nitrogen and oxygen atoms in total. The smallest absolute Gasteiger partial charge is 0.233 e. The molecule has 0 radical (unpaired) electrons. The quantitative estimate of drug-likeness (QED) is 0.426. The molecule has 2 bridgehead atoms. The first kappa shape index (κ1) is 17.8. The maximum Gasteiger partial charge on any atom is 0.233 e. The van der Waals surface area contributed by atoms with Crippen molar-refractivity contribution in [3.05, 3.63) is 94.5 Å². The van der Waals surface area contributed by atoms with Crippen LogP contribution in [0.25, 0.3) is 10.2 Å². The third-order valence-electron chi connectivity index (χ3n) is 6.99. The molecule has 148 valence electrons. The lowest BCUT2D eigenvalue weighted by Gasteiger charge is -2.50. The maximum absolute atomic E-state index is 13.7. The molecule has 3 aliphatic carbocycles. The van der Waals surface area contributed by atoms with E-state index in [-0.39, 0.29) is 17.7 Å². The van der Waals surface area contributed by atoms with Crippen LogP contribution in [0.4, 0.5) is 5.13 Å². The van der Waals surface area contributed by atoms with E-state index in [9.17, 15) is 4.79 Å². The van der Waals surface area contributed by atoms with Crippen molar-refractivity contribution in [3.8, 4) is 0 Å². The van der Waals surface area contributed by atoms with Gasteiger partial charge in [0.1, 0.15) is 0 Å². The summed E-state index contributed by atoms with van der Waals surface area (Å²) >= 11 is 1.55. The Balaban J connectivity index is 1.43. The molecule has 1 aromatic heterocycles. The number of aromatic nitrogens is 1. The average Bonchev–Trinajstić information content (AvgIpc) is 3.18. The summed E-state index contributed by atoms with van der Waals surface area (Å²) in [6, 6.07) is 23.4. The number of nitrogens with one attached hydrogen (secondary N) is 1. The van der Waals surface area contributed by atoms with Gasteiger partial charge in [-0.05, 0) is 54.2 Å². The molecule has 7 rings (SSSR count). The summed E-state index contributed by atoms with van der Waals surface area (Å²) in [5.74, 6) is 0.389. The molecule has 4 heteroatoms. The van der Waals surface area contributed by atoms with Crippen LogP contribution in [0.15, 0.2) is 66.7 Å². The van der Waals surface area contributed by atoms with Crippen LogP contribution in [0, 0.1) is 12.3 Å². The van der Waals surface area contributed by atoms with E-state index in [1.54, 1.807) is 11.3 Å². The van der Waals surface area contributed by atoms with Crippen molar-refractivity contribution in [2.75, 3.05) is 5.32 Å². The van der Waals surface area contributed by atoms with Gasteiger partial charge >= 0.3 is 0 Å². The van der Waals surface area contributed by atoms with Gasteiger partial charge in [-0.2, -0.15) is 0 Å². The van der Waals surface area contributed by atoms with E-state index in [1.807, 2.05) is 6.07 Å². The Labute approximate surface area is 179 Å². The number of thiazole rings is 1. The Morgan fingerprint density at radius 3 is 2.23 bits per heavy atom. The zero-order chi connectivity index (χ0) is 20.5. The van der Waals surface area contributed by atoms with E-state index in [4.69, 9.17) is 4.98 Å². The second-order valence-electron chi connectivity index (χ2n) is 8.76. The van der Waals surface area contributed by atoms with Crippen molar-refractivity contribution in [1.82, 2.24) is 4.98 Å². The lowest BCUT2D eigenvalue weighted by molar-refractivity contribution is -0.126. The standard InChI is InChI=1S/C26H22N2OS/c1-15-8-7-13-21-23(15)27-25(30-21)28-24(29)26(2)14-20-16-9-3-5-11-18(16)22(26)19-12-6-4-10-17(19)20/h3-13,20,22H,14H2,1-2H3,(H,27,28,29)/t20?,22?,26-/m0/s1. The molecule has 1 N–H and O–H groups in total. The number of carbonyl (C=O) groups is 1. The molecule has 3 aromatic carbocycles. The van der Waals surface area contributed by atoms with Crippen LogP contribution in [-0.4, -0.2) is 10.9 Å². The Morgan fingerprint density at radius 2 is 1.60 bits per heavy atom. The lowest BCUT2D eigenvalue weighted by Crippen LogP contribution is -2.47. The normalized spacial score (nSPS) is 23.8. The zero-order valence-electron chi connectivity index (χ0n) is 17.0. The number of hydrogen-bond acceptors (Lipinski definition) is 3. The van der Waals surface area contributed by atoms with Crippen LogP contribution in [0.1, 0.15) is 53.0 Å². The lowest BCUT2D eigenvalue weighted by atomic mass is 9.52. The number of aryl methyl sites for hydroxylation is 1. The number of para-hydroxylation sites is 1. The number of rotatable bonds is 2. The van der Waals surface area contributed by atoms with Gasteiger partial charge < -0.3 is 5.32 Å². The molecular formula is C26H22N2OS. The Bertz CT molecular complexity index is 1280. The van der Waals surface area contributed by atoms with Crippen molar-refractivity contribution in [3.63, 3.8) is 0 Å². The van der Waals surface area contributed by atoms with E-state index in [2.05, 4.69) is 79.8 Å². The molecule has 0 aliphatic heterocycles. The molecule has 1 heterocycles. The van der Waals surface area contributed by atoms with Crippen molar-refractivity contribution in [2.45, 2.75) is 32.1 Å². The minimum absolute atomic E-state index is 0.0611. The average molecular weight is 411 g/mol. The zero-order valence-corrected chi connectivity index (χ0v) is 17.8. The Hall–Kier alpha value is -2.98. The Morgan fingerprint density at radius 1 is 0.967 bits per heavy atom. The van der Waals surface area contributed by atoms with E-state index in [0.717, 1.165) is 22.2 Å². The van der Waals surface area contributed by atoms with Crippen LogP contribution in [0.2, 0.25) is 0 Å². The summed E-state index contributed by atoms with van der Waals surface area (Å²) in [4.78, 5) is 18.4. The highest BCUT2D eigenvalue weighted by atomic mass is 32.1. The number of anilines is 1. The fourth-order valence-corrected chi connectivity index (χ4v) is 6.51. The maximum atomic E-state index is 13.7. The van der Waals surface area contributed by atoms with Gasteiger partial charge in [0.25, 0.3) is 0 Å².